The summed E-state index contributed by atoms with van der Waals surface area (Å²) in [6.07, 6.45) is 0. The zero-order valence-electron chi connectivity index (χ0n) is 17.1. The fourth-order valence-corrected chi connectivity index (χ4v) is 5.55. The van der Waals surface area contributed by atoms with Crippen LogP contribution < -0.4 is 24.1 Å². The summed E-state index contributed by atoms with van der Waals surface area (Å²) in [6, 6.07) is 34.2. The zero-order chi connectivity index (χ0) is 23.4. The normalized spacial score (nSPS) is 11.4. The molecule has 33 heavy (non-hydrogen) atoms. The van der Waals surface area contributed by atoms with Crippen LogP contribution in [0.3, 0.4) is 0 Å². The second-order valence-corrected chi connectivity index (χ2v) is 9.68. The Balaban J connectivity index is 0.000000471. The van der Waals surface area contributed by atoms with Gasteiger partial charge in [0.05, 0.1) is 21.7 Å². The van der Waals surface area contributed by atoms with Crippen molar-refractivity contribution in [2.45, 2.75) is 14.7 Å². The third-order valence-electron chi connectivity index (χ3n) is 4.74. The van der Waals surface area contributed by atoms with Gasteiger partial charge in [-0.25, -0.2) is 18.6 Å². The molecule has 0 fully saturated rings. The number of hydrogen-bond acceptors (Lipinski definition) is 6. The summed E-state index contributed by atoms with van der Waals surface area (Å²) in [6.45, 7) is 0. The Kier molecular flexibility index (Phi) is 6.80. The molecule has 0 spiro atoms. The van der Waals surface area contributed by atoms with Gasteiger partial charge in [0.25, 0.3) is 0 Å². The molecule has 166 valence electrons. The van der Waals surface area contributed by atoms with E-state index in [-0.39, 0.29) is 16.3 Å². The van der Waals surface area contributed by atoms with Crippen LogP contribution in [-0.4, -0.2) is 0 Å². The Morgan fingerprint density at radius 3 is 1.64 bits per heavy atom. The van der Waals surface area contributed by atoms with E-state index in [1.807, 2.05) is 48.5 Å². The molecule has 1 heterocycles. The lowest BCUT2D eigenvalue weighted by molar-refractivity contribution is -2.00. The van der Waals surface area contributed by atoms with Crippen molar-refractivity contribution < 1.29 is 33.3 Å². The zero-order valence-corrected chi connectivity index (χ0v) is 18.6. The van der Waals surface area contributed by atoms with E-state index in [9.17, 15) is 4.79 Å². The van der Waals surface area contributed by atoms with Crippen molar-refractivity contribution in [3.8, 4) is 0 Å². The van der Waals surface area contributed by atoms with Gasteiger partial charge in [-0.1, -0.05) is 48.5 Å². The number of para-hydroxylation sites is 1. The SMILES string of the molecule is O=c1c2ccccc2oc2ccc([S+](c3ccccc3)c3ccccc3)cc12.[O-][Cl+3]([O-])([O-])[O-]. The van der Waals surface area contributed by atoms with E-state index < -0.39 is 10.2 Å². The van der Waals surface area contributed by atoms with Gasteiger partial charge in [-0.3, -0.25) is 4.79 Å². The molecular formula is C25H17ClO6S. The average Bonchev–Trinajstić information content (AvgIpc) is 2.80. The lowest BCUT2D eigenvalue weighted by atomic mass is 10.1. The van der Waals surface area contributed by atoms with E-state index in [1.54, 1.807) is 0 Å². The van der Waals surface area contributed by atoms with Gasteiger partial charge in [0.2, 0.25) is 5.43 Å². The standard InChI is InChI=1S/C25H17O2S.ClHO4/c26-25-21-13-7-8-14-23(21)27-24-16-15-20(17-22(24)25)28(18-9-3-1-4-10-18)19-11-5-2-6-12-19;2-1(3,4)5/h1-17H;(H,2,3,4,5)/q+1;/p-1. The first kappa shape index (κ1) is 23.0. The molecule has 0 bridgehead atoms. The van der Waals surface area contributed by atoms with Crippen molar-refractivity contribution >= 4 is 32.8 Å². The second-order valence-electron chi connectivity index (χ2n) is 6.90. The summed E-state index contributed by atoms with van der Waals surface area (Å²) >= 11 is 0. The summed E-state index contributed by atoms with van der Waals surface area (Å²) < 4.78 is 39.9. The monoisotopic (exact) mass is 480 g/mol. The van der Waals surface area contributed by atoms with Gasteiger partial charge < -0.3 is 4.42 Å². The van der Waals surface area contributed by atoms with Gasteiger partial charge in [0.15, 0.2) is 14.7 Å². The van der Waals surface area contributed by atoms with Crippen LogP contribution in [0.2, 0.25) is 0 Å². The van der Waals surface area contributed by atoms with E-state index in [2.05, 4.69) is 54.6 Å². The first-order valence-corrected chi connectivity index (χ1v) is 12.2. The molecule has 4 aromatic carbocycles. The third-order valence-corrected chi connectivity index (χ3v) is 6.95. The van der Waals surface area contributed by atoms with E-state index in [0.29, 0.717) is 21.9 Å². The van der Waals surface area contributed by atoms with Crippen molar-refractivity contribution in [1.82, 2.24) is 0 Å². The van der Waals surface area contributed by atoms with Crippen LogP contribution in [-0.2, 0) is 10.9 Å². The molecule has 1 aromatic heterocycles. The summed E-state index contributed by atoms with van der Waals surface area (Å²) in [5.74, 6) is 0. The van der Waals surface area contributed by atoms with Crippen molar-refractivity contribution in [2.75, 3.05) is 0 Å². The van der Waals surface area contributed by atoms with Crippen LogP contribution in [0, 0.1) is 10.2 Å². The Morgan fingerprint density at radius 2 is 1.06 bits per heavy atom. The highest BCUT2D eigenvalue weighted by atomic mass is 35.7. The molecule has 0 aliphatic carbocycles. The van der Waals surface area contributed by atoms with Gasteiger partial charge in [-0.15, -0.1) is 10.2 Å². The topological polar surface area (TPSA) is 122 Å². The molecule has 6 nitrogen and oxygen atoms in total. The molecule has 0 unspecified atom stereocenters. The molecule has 0 radical (unpaired) electrons. The fraction of sp³-hybridized carbons (Fsp3) is 0. The summed E-state index contributed by atoms with van der Waals surface area (Å²) in [4.78, 5) is 16.6. The Bertz CT molecular complexity index is 1390. The molecule has 0 saturated heterocycles. The number of halogens is 1. The Morgan fingerprint density at radius 1 is 0.576 bits per heavy atom. The molecule has 0 aliphatic rings. The van der Waals surface area contributed by atoms with E-state index in [0.717, 1.165) is 4.90 Å². The maximum atomic E-state index is 13.1. The number of hydrogen-bond donors (Lipinski definition) is 0. The maximum Gasteiger partial charge on any atom is 0.200 e. The summed E-state index contributed by atoms with van der Waals surface area (Å²) in [5.41, 5.74) is 1.26. The Labute approximate surface area is 194 Å². The molecule has 5 aromatic rings. The van der Waals surface area contributed by atoms with E-state index >= 15 is 0 Å². The third kappa shape index (κ3) is 5.61. The van der Waals surface area contributed by atoms with Crippen LogP contribution in [0.25, 0.3) is 21.9 Å². The van der Waals surface area contributed by atoms with Gasteiger partial charge in [-0.2, -0.15) is 0 Å². The minimum absolute atomic E-state index is 0.0170. The molecule has 5 rings (SSSR count). The van der Waals surface area contributed by atoms with Crippen molar-refractivity contribution in [3.63, 3.8) is 0 Å². The van der Waals surface area contributed by atoms with Crippen LogP contribution in [0.1, 0.15) is 0 Å². The molecule has 0 aliphatic heterocycles. The number of fused-ring (bicyclic) bond motifs is 2. The molecule has 0 atom stereocenters. The average molecular weight is 481 g/mol. The van der Waals surface area contributed by atoms with Crippen molar-refractivity contribution in [2.24, 2.45) is 0 Å². The lowest BCUT2D eigenvalue weighted by Crippen LogP contribution is -2.68. The predicted octanol–water partition coefficient (Wildman–Crippen LogP) is 1.29. The highest BCUT2D eigenvalue weighted by Gasteiger charge is 2.29. The summed E-state index contributed by atoms with van der Waals surface area (Å²) in [5, 5.41) is 1.24. The first-order chi connectivity index (χ1) is 15.8. The van der Waals surface area contributed by atoms with Gasteiger partial charge in [0, 0.05) is 6.07 Å². The quantitative estimate of drug-likeness (QED) is 0.283. The molecule has 0 N–H and O–H groups in total. The van der Waals surface area contributed by atoms with Gasteiger partial charge >= 0.3 is 0 Å². The van der Waals surface area contributed by atoms with E-state index in [1.165, 1.54) is 9.79 Å². The molecule has 8 heteroatoms. The van der Waals surface area contributed by atoms with Crippen LogP contribution in [0.15, 0.2) is 127 Å². The molecule has 0 amide bonds. The fourth-order valence-electron chi connectivity index (χ4n) is 3.43. The number of rotatable bonds is 3. The van der Waals surface area contributed by atoms with Gasteiger partial charge in [0.1, 0.15) is 11.2 Å². The molecular weight excluding hydrogens is 464 g/mol. The van der Waals surface area contributed by atoms with Crippen LogP contribution >= 0.6 is 0 Å². The number of benzene rings is 4. The summed E-state index contributed by atoms with van der Waals surface area (Å²) in [7, 11) is -5.24. The smallest absolute Gasteiger partial charge is 0.200 e. The Hall–Kier alpha value is -3.17. The predicted molar refractivity (Wildman–Crippen MR) is 115 cm³/mol. The van der Waals surface area contributed by atoms with Crippen LogP contribution in [0.4, 0.5) is 0 Å². The second kappa shape index (κ2) is 9.76. The van der Waals surface area contributed by atoms with Crippen molar-refractivity contribution in [1.29, 1.82) is 0 Å². The lowest BCUT2D eigenvalue weighted by Gasteiger charge is -2.17. The largest absolute Gasteiger partial charge is 0.456 e. The minimum atomic E-state index is -4.94. The highest BCUT2D eigenvalue weighted by Crippen LogP contribution is 2.32. The van der Waals surface area contributed by atoms with Crippen molar-refractivity contribution in [3.05, 3.63) is 113 Å². The first-order valence-electron chi connectivity index (χ1n) is 9.73. The molecule has 0 saturated carbocycles. The minimum Gasteiger partial charge on any atom is -0.456 e. The van der Waals surface area contributed by atoms with E-state index in [4.69, 9.17) is 23.1 Å². The highest BCUT2D eigenvalue weighted by molar-refractivity contribution is 7.97. The maximum absolute atomic E-state index is 13.1. The van der Waals surface area contributed by atoms with Crippen LogP contribution in [0.5, 0.6) is 0 Å². The van der Waals surface area contributed by atoms with Gasteiger partial charge in [-0.05, 0) is 48.5 Å².